The molecule has 1 heterocycles. The van der Waals surface area contributed by atoms with Crippen molar-refractivity contribution >= 4 is 5.91 Å². The zero-order chi connectivity index (χ0) is 14.0. The van der Waals surface area contributed by atoms with Crippen LogP contribution < -0.4 is 5.32 Å². The van der Waals surface area contributed by atoms with Crippen LogP contribution in [0.5, 0.6) is 0 Å². The molecule has 18 heavy (non-hydrogen) atoms. The molecule has 1 rings (SSSR count). The van der Waals surface area contributed by atoms with Gasteiger partial charge in [0, 0.05) is 44.2 Å². The Morgan fingerprint density at radius 3 is 2.06 bits per heavy atom. The third kappa shape index (κ3) is 3.69. The van der Waals surface area contributed by atoms with Gasteiger partial charge in [0.2, 0.25) is 5.91 Å². The lowest BCUT2D eigenvalue weighted by atomic mass is 9.78. The molecule has 1 N–H and O–H groups in total. The maximum atomic E-state index is 11.9. The summed E-state index contributed by atoms with van der Waals surface area (Å²) >= 11 is 0. The van der Waals surface area contributed by atoms with Crippen LogP contribution in [0.3, 0.4) is 0 Å². The largest absolute Gasteiger partial charge is 0.359 e. The fraction of sp³-hybridized carbons (Fsp3) is 0.929. The number of hydrogen-bond acceptors (Lipinski definition) is 3. The predicted octanol–water partition coefficient (Wildman–Crippen LogP) is 1.17. The summed E-state index contributed by atoms with van der Waals surface area (Å²) < 4.78 is 0. The van der Waals surface area contributed by atoms with Crippen LogP contribution in [0.2, 0.25) is 0 Å². The molecule has 0 radical (unpaired) electrons. The van der Waals surface area contributed by atoms with E-state index in [-0.39, 0.29) is 16.9 Å². The van der Waals surface area contributed by atoms with Crippen molar-refractivity contribution in [2.24, 2.45) is 5.41 Å². The lowest BCUT2D eigenvalue weighted by molar-refractivity contribution is -0.131. The fourth-order valence-electron chi connectivity index (χ4n) is 3.02. The van der Waals surface area contributed by atoms with E-state index < -0.39 is 0 Å². The van der Waals surface area contributed by atoms with E-state index in [1.165, 1.54) is 0 Å². The molecule has 4 heteroatoms. The number of nitrogens with zero attached hydrogens (tertiary/aromatic N) is 2. The van der Waals surface area contributed by atoms with Crippen LogP contribution in [0.4, 0.5) is 0 Å². The van der Waals surface area contributed by atoms with E-state index in [2.05, 4.69) is 36.0 Å². The molecule has 0 spiro atoms. The normalized spacial score (nSPS) is 19.9. The molecule has 1 fully saturated rings. The second kappa shape index (κ2) is 5.57. The summed E-state index contributed by atoms with van der Waals surface area (Å²) in [5.74, 6) is 0.129. The van der Waals surface area contributed by atoms with Crippen LogP contribution in [0, 0.1) is 5.41 Å². The summed E-state index contributed by atoms with van der Waals surface area (Å²) in [7, 11) is 3.88. The van der Waals surface area contributed by atoms with Gasteiger partial charge in [-0.15, -0.1) is 0 Å². The number of amides is 1. The average Bonchev–Trinajstić information content (AvgIpc) is 2.27. The summed E-state index contributed by atoms with van der Waals surface area (Å²) in [6, 6.07) is 0. The smallest absolute Gasteiger partial charge is 0.225 e. The van der Waals surface area contributed by atoms with Gasteiger partial charge in [-0.05, 0) is 27.3 Å². The summed E-state index contributed by atoms with van der Waals surface area (Å²) in [4.78, 5) is 16.8. The Hall–Kier alpha value is -0.610. The Bertz CT molecular complexity index is 291. The molecule has 0 aromatic carbocycles. The molecule has 0 aromatic rings. The van der Waals surface area contributed by atoms with E-state index in [9.17, 15) is 4.79 Å². The van der Waals surface area contributed by atoms with Crippen LogP contribution in [-0.4, -0.2) is 61.5 Å². The highest BCUT2D eigenvalue weighted by atomic mass is 16.2. The molecule has 1 saturated heterocycles. The van der Waals surface area contributed by atoms with E-state index in [4.69, 9.17) is 0 Å². The zero-order valence-electron chi connectivity index (χ0n) is 12.8. The van der Waals surface area contributed by atoms with Gasteiger partial charge in [0.15, 0.2) is 0 Å². The van der Waals surface area contributed by atoms with E-state index >= 15 is 0 Å². The lowest BCUT2D eigenvalue weighted by Crippen LogP contribution is -2.56. The van der Waals surface area contributed by atoms with Crippen LogP contribution in [0.15, 0.2) is 0 Å². The third-order valence-electron chi connectivity index (χ3n) is 4.08. The van der Waals surface area contributed by atoms with E-state index in [0.29, 0.717) is 0 Å². The zero-order valence-corrected chi connectivity index (χ0v) is 12.8. The maximum absolute atomic E-state index is 11.9. The van der Waals surface area contributed by atoms with Gasteiger partial charge in [0.25, 0.3) is 0 Å². The number of nitrogens with one attached hydrogen (secondary N) is 1. The highest BCUT2D eigenvalue weighted by molar-refractivity contribution is 5.81. The minimum Gasteiger partial charge on any atom is -0.359 e. The van der Waals surface area contributed by atoms with Crippen molar-refractivity contribution in [2.75, 3.05) is 40.3 Å². The molecule has 0 aliphatic carbocycles. The van der Waals surface area contributed by atoms with E-state index in [1.54, 1.807) is 7.05 Å². The molecule has 0 atom stereocenters. The number of carbonyl (C=O) groups is 1. The quantitative estimate of drug-likeness (QED) is 0.819. The molecular weight excluding hydrogens is 226 g/mol. The summed E-state index contributed by atoms with van der Waals surface area (Å²) in [6.07, 6.45) is 0.878. The monoisotopic (exact) mass is 255 g/mol. The van der Waals surface area contributed by atoms with Crippen LogP contribution >= 0.6 is 0 Å². The van der Waals surface area contributed by atoms with Crippen LogP contribution in [0.25, 0.3) is 0 Å². The molecular formula is C14H29N3O. The van der Waals surface area contributed by atoms with E-state index in [0.717, 1.165) is 32.6 Å². The van der Waals surface area contributed by atoms with Crippen molar-refractivity contribution in [1.82, 2.24) is 15.1 Å². The highest BCUT2D eigenvalue weighted by Gasteiger charge is 2.38. The fourth-order valence-corrected chi connectivity index (χ4v) is 3.02. The second-order valence-electron chi connectivity index (χ2n) is 6.74. The molecule has 1 aliphatic rings. The Morgan fingerprint density at radius 2 is 1.61 bits per heavy atom. The van der Waals surface area contributed by atoms with Gasteiger partial charge < -0.3 is 10.2 Å². The topological polar surface area (TPSA) is 35.6 Å². The average molecular weight is 255 g/mol. The molecule has 4 nitrogen and oxygen atoms in total. The first-order valence-electron chi connectivity index (χ1n) is 6.85. The van der Waals surface area contributed by atoms with Crippen molar-refractivity contribution in [1.29, 1.82) is 0 Å². The van der Waals surface area contributed by atoms with Crippen molar-refractivity contribution in [2.45, 2.75) is 39.7 Å². The van der Waals surface area contributed by atoms with Gasteiger partial charge in [-0.1, -0.05) is 13.8 Å². The second-order valence-corrected chi connectivity index (χ2v) is 6.74. The predicted molar refractivity (Wildman–Crippen MR) is 75.6 cm³/mol. The van der Waals surface area contributed by atoms with E-state index in [1.807, 2.05) is 13.8 Å². The SMILES string of the molecule is CNC(=O)C(C)(C)CC(C)(C)N1CCN(C)CC1. The Kier molecular flexibility index (Phi) is 4.78. The number of carbonyl (C=O) groups excluding carboxylic acids is 1. The van der Waals surface area contributed by atoms with Gasteiger partial charge in [0.1, 0.15) is 0 Å². The molecule has 0 bridgehead atoms. The Morgan fingerprint density at radius 1 is 1.11 bits per heavy atom. The Labute approximate surface area is 112 Å². The van der Waals surface area contributed by atoms with Gasteiger partial charge in [-0.2, -0.15) is 0 Å². The highest BCUT2D eigenvalue weighted by Crippen LogP contribution is 2.32. The first kappa shape index (κ1) is 15.4. The van der Waals surface area contributed by atoms with Crippen LogP contribution in [0.1, 0.15) is 34.1 Å². The van der Waals surface area contributed by atoms with Gasteiger partial charge in [0.05, 0.1) is 0 Å². The minimum atomic E-state index is -0.318. The molecule has 0 saturated carbocycles. The first-order chi connectivity index (χ1) is 8.19. The number of piperazine rings is 1. The van der Waals surface area contributed by atoms with Gasteiger partial charge in [-0.3, -0.25) is 9.69 Å². The maximum Gasteiger partial charge on any atom is 0.225 e. The number of likely N-dealkylation sites (N-methyl/N-ethyl adjacent to an activating group) is 1. The third-order valence-corrected chi connectivity index (χ3v) is 4.08. The van der Waals surface area contributed by atoms with Crippen LogP contribution in [-0.2, 0) is 4.79 Å². The van der Waals surface area contributed by atoms with Gasteiger partial charge in [-0.25, -0.2) is 0 Å². The molecule has 1 amide bonds. The minimum absolute atomic E-state index is 0.0667. The van der Waals surface area contributed by atoms with Gasteiger partial charge >= 0.3 is 0 Å². The number of hydrogen-bond donors (Lipinski definition) is 1. The van der Waals surface area contributed by atoms with Crippen molar-refractivity contribution < 1.29 is 4.79 Å². The van der Waals surface area contributed by atoms with Crippen molar-refractivity contribution in [3.63, 3.8) is 0 Å². The van der Waals surface area contributed by atoms with Crippen molar-refractivity contribution in [3.8, 4) is 0 Å². The lowest BCUT2D eigenvalue weighted by Gasteiger charge is -2.46. The Balaban J connectivity index is 2.66. The molecule has 1 aliphatic heterocycles. The first-order valence-corrected chi connectivity index (χ1v) is 6.85. The summed E-state index contributed by atoms with van der Waals surface area (Å²) in [5.41, 5.74) is -0.251. The summed E-state index contributed by atoms with van der Waals surface area (Å²) in [5, 5.41) is 2.77. The standard InChI is InChI=1S/C14H29N3O/c1-13(2,12(18)15-5)11-14(3,4)17-9-7-16(6)8-10-17/h7-11H2,1-6H3,(H,15,18). The number of rotatable bonds is 4. The molecule has 106 valence electrons. The van der Waals surface area contributed by atoms with Crippen molar-refractivity contribution in [3.05, 3.63) is 0 Å². The summed E-state index contributed by atoms with van der Waals surface area (Å²) in [6.45, 7) is 13.0. The molecule has 0 aromatic heterocycles. The molecule has 0 unspecified atom stereocenters.